The zero-order chi connectivity index (χ0) is 17.4. The maximum absolute atomic E-state index is 12.2. The first-order valence-electron chi connectivity index (χ1n) is 7.60. The van der Waals surface area contributed by atoms with Crippen LogP contribution < -0.4 is 11.2 Å². The Morgan fingerprint density at radius 1 is 1.12 bits per heavy atom. The Kier molecular flexibility index (Phi) is 3.53. The van der Waals surface area contributed by atoms with E-state index in [4.69, 9.17) is 8.83 Å². The number of fused-ring (bicyclic) bond motifs is 1. The highest BCUT2D eigenvalue weighted by atomic mass is 16.4. The molecule has 0 saturated heterocycles. The highest BCUT2D eigenvalue weighted by molar-refractivity contribution is 5.80. The molecule has 0 radical (unpaired) electrons. The van der Waals surface area contributed by atoms with E-state index in [9.17, 15) is 9.59 Å². The number of benzene rings is 1. The van der Waals surface area contributed by atoms with Crippen LogP contribution in [0.3, 0.4) is 0 Å². The number of hydrogen-bond donors (Lipinski definition) is 0. The van der Waals surface area contributed by atoms with E-state index in [0.29, 0.717) is 22.6 Å². The monoisotopic (exact) mass is 335 g/mol. The Morgan fingerprint density at radius 3 is 2.80 bits per heavy atom. The number of hydrogen-bond acceptors (Lipinski definition) is 6. The van der Waals surface area contributed by atoms with Crippen molar-refractivity contribution in [3.8, 4) is 11.5 Å². The van der Waals surface area contributed by atoms with Gasteiger partial charge in [-0.05, 0) is 30.2 Å². The first kappa shape index (κ1) is 15.1. The van der Waals surface area contributed by atoms with E-state index in [1.807, 2.05) is 19.1 Å². The van der Waals surface area contributed by atoms with E-state index < -0.39 is 5.63 Å². The second kappa shape index (κ2) is 5.86. The summed E-state index contributed by atoms with van der Waals surface area (Å²) in [5.74, 6) is 0.321. The molecule has 0 N–H and O–H groups in total. The average Bonchev–Trinajstić information content (AvgIpc) is 3.10. The lowest BCUT2D eigenvalue weighted by Crippen LogP contribution is -2.20. The van der Waals surface area contributed by atoms with Crippen molar-refractivity contribution in [2.75, 3.05) is 0 Å². The molecule has 0 aliphatic rings. The molecule has 4 aromatic rings. The van der Waals surface area contributed by atoms with Crippen LogP contribution in [0, 0.1) is 6.92 Å². The van der Waals surface area contributed by atoms with Gasteiger partial charge >= 0.3 is 5.63 Å². The Balaban J connectivity index is 1.83. The summed E-state index contributed by atoms with van der Waals surface area (Å²) in [5.41, 5.74) is 2.18. The molecule has 4 rings (SSSR count). The summed E-state index contributed by atoms with van der Waals surface area (Å²) < 4.78 is 11.9. The molecule has 7 heteroatoms. The number of aromatic nitrogens is 3. The summed E-state index contributed by atoms with van der Waals surface area (Å²) in [7, 11) is 0. The average molecular weight is 335 g/mol. The molecular weight excluding hydrogens is 322 g/mol. The van der Waals surface area contributed by atoms with Gasteiger partial charge < -0.3 is 13.4 Å². The summed E-state index contributed by atoms with van der Waals surface area (Å²) >= 11 is 0. The first-order valence-corrected chi connectivity index (χ1v) is 7.60. The van der Waals surface area contributed by atoms with Crippen molar-refractivity contribution < 1.29 is 8.83 Å². The molecule has 0 fully saturated rings. The third-order valence-electron chi connectivity index (χ3n) is 3.92. The lowest BCUT2D eigenvalue weighted by atomic mass is 10.1. The van der Waals surface area contributed by atoms with E-state index in [-0.39, 0.29) is 12.1 Å². The van der Waals surface area contributed by atoms with Crippen LogP contribution in [0.5, 0.6) is 0 Å². The van der Waals surface area contributed by atoms with Crippen molar-refractivity contribution in [1.82, 2.24) is 14.8 Å². The van der Waals surface area contributed by atoms with E-state index in [1.54, 1.807) is 18.3 Å². The minimum absolute atomic E-state index is 0.197. The van der Waals surface area contributed by atoms with Gasteiger partial charge in [-0.25, -0.2) is 4.79 Å². The topological polar surface area (TPSA) is 91.1 Å². The van der Waals surface area contributed by atoms with Gasteiger partial charge in [-0.15, -0.1) is 10.2 Å². The van der Waals surface area contributed by atoms with Crippen LogP contribution in [0.15, 0.2) is 67.4 Å². The van der Waals surface area contributed by atoms with Gasteiger partial charge in [-0.2, -0.15) is 0 Å². The lowest BCUT2D eigenvalue weighted by Gasteiger charge is -2.09. The van der Waals surface area contributed by atoms with Crippen LogP contribution in [-0.4, -0.2) is 14.8 Å². The quantitative estimate of drug-likeness (QED) is 0.534. The Morgan fingerprint density at radius 2 is 2.00 bits per heavy atom. The van der Waals surface area contributed by atoms with Crippen molar-refractivity contribution in [3.63, 3.8) is 0 Å². The number of pyridine rings is 1. The summed E-state index contributed by atoms with van der Waals surface area (Å²) in [6.07, 6.45) is 2.85. The highest BCUT2D eigenvalue weighted by Crippen LogP contribution is 2.20. The second-order valence-electron chi connectivity index (χ2n) is 5.72. The van der Waals surface area contributed by atoms with Crippen LogP contribution in [0.2, 0.25) is 0 Å². The van der Waals surface area contributed by atoms with Gasteiger partial charge in [0.2, 0.25) is 12.3 Å². The van der Waals surface area contributed by atoms with Crippen LogP contribution in [0.1, 0.15) is 11.1 Å². The summed E-state index contributed by atoms with van der Waals surface area (Å²) in [6, 6.07) is 10.1. The van der Waals surface area contributed by atoms with E-state index in [0.717, 1.165) is 10.9 Å². The molecule has 0 aliphatic heterocycles. The molecule has 25 heavy (non-hydrogen) atoms. The maximum Gasteiger partial charge on any atom is 0.336 e. The maximum atomic E-state index is 12.2. The Bertz CT molecular complexity index is 1170. The van der Waals surface area contributed by atoms with Gasteiger partial charge in [-0.1, -0.05) is 12.1 Å². The van der Waals surface area contributed by atoms with Crippen molar-refractivity contribution >= 4 is 11.0 Å². The predicted molar refractivity (Wildman–Crippen MR) is 90.3 cm³/mol. The fourth-order valence-electron chi connectivity index (χ4n) is 2.73. The number of nitrogens with zero attached hydrogens (tertiary/aromatic N) is 3. The van der Waals surface area contributed by atoms with Crippen molar-refractivity contribution in [3.05, 3.63) is 80.9 Å². The zero-order valence-electron chi connectivity index (χ0n) is 13.3. The minimum Gasteiger partial charge on any atom is -0.423 e. The number of aryl methyl sites for hydroxylation is 1. The largest absolute Gasteiger partial charge is 0.423 e. The van der Waals surface area contributed by atoms with Crippen molar-refractivity contribution in [2.45, 2.75) is 13.5 Å². The standard InChI is InChI=1S/C18H13N3O4/c1-11-2-4-14-13(7-17(23)25-15(14)6-11)9-21-8-12(3-5-16(21)22)18-20-19-10-24-18/h2-8,10H,9H2,1H3. The lowest BCUT2D eigenvalue weighted by molar-refractivity contribution is 0.556. The molecule has 0 unspecified atom stereocenters. The van der Waals surface area contributed by atoms with Crippen molar-refractivity contribution in [1.29, 1.82) is 0 Å². The van der Waals surface area contributed by atoms with Gasteiger partial charge in [0.25, 0.3) is 5.56 Å². The fraction of sp³-hybridized carbons (Fsp3) is 0.111. The van der Waals surface area contributed by atoms with Crippen LogP contribution >= 0.6 is 0 Å². The highest BCUT2D eigenvalue weighted by Gasteiger charge is 2.10. The molecule has 124 valence electrons. The van der Waals surface area contributed by atoms with Crippen LogP contribution in [0.4, 0.5) is 0 Å². The Hall–Kier alpha value is -3.48. The van der Waals surface area contributed by atoms with Gasteiger partial charge in [-0.3, -0.25) is 4.79 Å². The van der Waals surface area contributed by atoms with E-state index >= 15 is 0 Å². The molecule has 0 saturated carbocycles. The third-order valence-corrected chi connectivity index (χ3v) is 3.92. The molecular formula is C18H13N3O4. The minimum atomic E-state index is -0.450. The summed E-state index contributed by atoms with van der Waals surface area (Å²) in [5, 5.41) is 8.27. The summed E-state index contributed by atoms with van der Waals surface area (Å²) in [4.78, 5) is 24.1. The molecule has 7 nitrogen and oxygen atoms in total. The van der Waals surface area contributed by atoms with Gasteiger partial charge in [0.15, 0.2) is 0 Å². The summed E-state index contributed by atoms with van der Waals surface area (Å²) in [6.45, 7) is 2.15. The van der Waals surface area contributed by atoms with Crippen LogP contribution in [0.25, 0.3) is 22.4 Å². The number of rotatable bonds is 3. The van der Waals surface area contributed by atoms with E-state index in [2.05, 4.69) is 10.2 Å². The molecule has 3 heterocycles. The second-order valence-corrected chi connectivity index (χ2v) is 5.72. The van der Waals surface area contributed by atoms with Gasteiger partial charge in [0.05, 0.1) is 12.1 Å². The molecule has 0 aliphatic carbocycles. The molecule has 0 spiro atoms. The molecule has 0 amide bonds. The Labute approximate surface area is 141 Å². The normalized spacial score (nSPS) is 11.1. The fourth-order valence-corrected chi connectivity index (χ4v) is 2.73. The molecule has 0 atom stereocenters. The van der Waals surface area contributed by atoms with Gasteiger partial charge in [0.1, 0.15) is 5.58 Å². The molecule has 1 aromatic carbocycles. The molecule has 0 bridgehead atoms. The van der Waals surface area contributed by atoms with Gasteiger partial charge in [0, 0.05) is 23.7 Å². The molecule has 3 aromatic heterocycles. The first-order chi connectivity index (χ1) is 12.1. The zero-order valence-corrected chi connectivity index (χ0v) is 13.3. The smallest absolute Gasteiger partial charge is 0.336 e. The van der Waals surface area contributed by atoms with Crippen LogP contribution in [-0.2, 0) is 6.54 Å². The predicted octanol–water partition coefficient (Wildman–Crippen LogP) is 2.36. The SMILES string of the molecule is Cc1ccc2c(Cn3cc(-c4nnco4)ccc3=O)cc(=O)oc2c1. The third kappa shape index (κ3) is 2.87. The van der Waals surface area contributed by atoms with E-state index in [1.165, 1.54) is 23.1 Å². The van der Waals surface area contributed by atoms with Crippen molar-refractivity contribution in [2.24, 2.45) is 0 Å².